The molecule has 0 bridgehead atoms. The Bertz CT molecular complexity index is 827. The Balaban J connectivity index is 2.09. The molecule has 0 aliphatic heterocycles. The Kier molecular flexibility index (Phi) is 6.61. The summed E-state index contributed by atoms with van der Waals surface area (Å²) in [4.78, 5) is 12.3. The van der Waals surface area contributed by atoms with E-state index in [0.29, 0.717) is 5.56 Å². The van der Waals surface area contributed by atoms with Gasteiger partial charge < -0.3 is 24.8 Å². The summed E-state index contributed by atoms with van der Waals surface area (Å²) < 4.78 is 11.6. The Morgan fingerprint density at radius 1 is 1.19 bits per heavy atom. The van der Waals surface area contributed by atoms with Crippen molar-refractivity contribution < 1.29 is 24.8 Å². The van der Waals surface area contributed by atoms with Crippen LogP contribution in [-0.2, 0) is 22.9 Å². The van der Waals surface area contributed by atoms with Crippen molar-refractivity contribution in [2.75, 3.05) is 13.2 Å². The van der Waals surface area contributed by atoms with Crippen molar-refractivity contribution in [2.45, 2.75) is 38.9 Å². The van der Waals surface area contributed by atoms with Gasteiger partial charge in [-0.05, 0) is 26.3 Å². The molecule has 0 atom stereocenters. The lowest BCUT2D eigenvalue weighted by Crippen LogP contribution is -2.36. The van der Waals surface area contributed by atoms with E-state index in [0.717, 1.165) is 0 Å². The van der Waals surface area contributed by atoms with E-state index in [-0.39, 0.29) is 36.2 Å². The van der Waals surface area contributed by atoms with Crippen LogP contribution in [-0.4, -0.2) is 38.3 Å². The van der Waals surface area contributed by atoms with Crippen LogP contribution in [0.4, 0.5) is 0 Å². The van der Waals surface area contributed by atoms with Crippen molar-refractivity contribution in [1.82, 2.24) is 9.78 Å². The molecule has 8 nitrogen and oxygen atoms in total. The zero-order valence-corrected chi connectivity index (χ0v) is 16.1. The van der Waals surface area contributed by atoms with Gasteiger partial charge in [0.2, 0.25) is 0 Å². The Morgan fingerprint density at radius 2 is 1.81 bits per heavy atom. The van der Waals surface area contributed by atoms with E-state index in [1.54, 1.807) is 12.1 Å². The molecule has 2 rings (SSSR count). The third-order valence-corrected chi connectivity index (χ3v) is 3.99. The Morgan fingerprint density at radius 3 is 2.37 bits per heavy atom. The number of aliphatic hydroxyl groups excluding tert-OH is 1. The highest BCUT2D eigenvalue weighted by molar-refractivity contribution is 6.31. The van der Waals surface area contributed by atoms with Crippen molar-refractivity contribution in [3.8, 4) is 5.75 Å². The summed E-state index contributed by atoms with van der Waals surface area (Å²) in [6.07, 6.45) is 1.39. The molecule has 27 heavy (non-hydrogen) atoms. The summed E-state index contributed by atoms with van der Waals surface area (Å²) in [5, 5.41) is 32.3. The molecule has 0 fully saturated rings. The molecule has 0 amide bonds. The maximum Gasteiger partial charge on any atom is 0.307 e. The first-order chi connectivity index (χ1) is 12.6. The Hall–Kier alpha value is -1.97. The quantitative estimate of drug-likeness (QED) is 0.603. The predicted molar refractivity (Wildman–Crippen MR) is 98.4 cm³/mol. The number of ether oxygens (including phenoxy) is 2. The molecule has 1 aromatic carbocycles. The number of halogens is 1. The van der Waals surface area contributed by atoms with Crippen LogP contribution in [0.15, 0.2) is 35.3 Å². The molecule has 0 spiro atoms. The number of aromatic nitrogens is 2. The summed E-state index contributed by atoms with van der Waals surface area (Å²) in [6.45, 7) is 5.06. The molecule has 1 heterocycles. The molecule has 148 valence electrons. The highest BCUT2D eigenvalue weighted by atomic mass is 35.5. The van der Waals surface area contributed by atoms with Crippen molar-refractivity contribution in [1.29, 1.82) is 0 Å². The van der Waals surface area contributed by atoms with E-state index in [2.05, 4.69) is 5.10 Å². The smallest absolute Gasteiger partial charge is 0.307 e. The van der Waals surface area contributed by atoms with Gasteiger partial charge in [-0.15, -0.1) is 0 Å². The molecule has 0 unspecified atom stereocenters. The summed E-state index contributed by atoms with van der Waals surface area (Å²) in [6, 6.07) is 6.12. The Labute approximate surface area is 161 Å². The summed E-state index contributed by atoms with van der Waals surface area (Å²) >= 11 is 6.10. The molecular weight excluding hydrogens is 376 g/mol. The van der Waals surface area contributed by atoms with Gasteiger partial charge in [0.25, 0.3) is 5.56 Å². The largest absolute Gasteiger partial charge is 0.485 e. The number of benzene rings is 1. The first-order valence-electron chi connectivity index (χ1n) is 8.26. The van der Waals surface area contributed by atoms with Crippen molar-refractivity contribution in [2.24, 2.45) is 0 Å². The van der Waals surface area contributed by atoms with Gasteiger partial charge in [0.15, 0.2) is 10.8 Å². The van der Waals surface area contributed by atoms with Crippen LogP contribution in [0.5, 0.6) is 5.75 Å². The van der Waals surface area contributed by atoms with E-state index >= 15 is 0 Å². The van der Waals surface area contributed by atoms with E-state index in [9.17, 15) is 15.0 Å². The SMILES string of the molecule is CC(C)(C)n1ncc(OCc2ccc(C(O)(O)OCCO)cc2)c(Cl)c1=O. The van der Waals surface area contributed by atoms with Crippen LogP contribution >= 0.6 is 11.6 Å². The highest BCUT2D eigenvalue weighted by Crippen LogP contribution is 2.23. The van der Waals surface area contributed by atoms with Gasteiger partial charge in [-0.1, -0.05) is 35.9 Å². The molecule has 3 N–H and O–H groups in total. The topological polar surface area (TPSA) is 114 Å². The van der Waals surface area contributed by atoms with Crippen molar-refractivity contribution in [3.63, 3.8) is 0 Å². The zero-order valence-electron chi connectivity index (χ0n) is 15.3. The van der Waals surface area contributed by atoms with Gasteiger partial charge in [-0.2, -0.15) is 5.10 Å². The molecule has 9 heteroatoms. The first-order valence-corrected chi connectivity index (χ1v) is 8.64. The lowest BCUT2D eigenvalue weighted by atomic mass is 10.1. The van der Waals surface area contributed by atoms with Crippen LogP contribution in [0, 0.1) is 0 Å². The molecule has 0 saturated heterocycles. The third-order valence-electron chi connectivity index (χ3n) is 3.64. The van der Waals surface area contributed by atoms with E-state index in [1.165, 1.54) is 23.0 Å². The fourth-order valence-corrected chi connectivity index (χ4v) is 2.43. The number of rotatable bonds is 7. The summed E-state index contributed by atoms with van der Waals surface area (Å²) in [7, 11) is 0. The van der Waals surface area contributed by atoms with Crippen LogP contribution in [0.25, 0.3) is 0 Å². The number of nitrogens with zero attached hydrogens (tertiary/aromatic N) is 2. The van der Waals surface area contributed by atoms with E-state index < -0.39 is 17.1 Å². The van der Waals surface area contributed by atoms with E-state index in [1.807, 2.05) is 20.8 Å². The molecule has 2 aromatic rings. The predicted octanol–water partition coefficient (Wildman–Crippen LogP) is 1.33. The van der Waals surface area contributed by atoms with Gasteiger partial charge in [0.1, 0.15) is 6.61 Å². The molecule has 0 aliphatic rings. The van der Waals surface area contributed by atoms with Crippen molar-refractivity contribution in [3.05, 3.63) is 57.0 Å². The lowest BCUT2D eigenvalue weighted by Gasteiger charge is -2.22. The van der Waals surface area contributed by atoms with Gasteiger partial charge in [-0.25, -0.2) is 4.68 Å². The molecule has 0 radical (unpaired) electrons. The molecule has 0 saturated carbocycles. The number of aliphatic hydroxyl groups is 3. The highest BCUT2D eigenvalue weighted by Gasteiger charge is 2.26. The van der Waals surface area contributed by atoms with Crippen LogP contribution in [0.2, 0.25) is 5.02 Å². The molecule has 1 aromatic heterocycles. The second-order valence-corrected chi connectivity index (χ2v) is 7.25. The minimum Gasteiger partial charge on any atom is -0.485 e. The minimum atomic E-state index is -2.49. The molecule has 0 aliphatic carbocycles. The van der Waals surface area contributed by atoms with Gasteiger partial charge in [-0.3, -0.25) is 4.79 Å². The minimum absolute atomic E-state index is 0.0568. The van der Waals surface area contributed by atoms with E-state index in [4.69, 9.17) is 26.2 Å². The molecular formula is C18H23ClN2O6. The number of hydrogen-bond acceptors (Lipinski definition) is 7. The zero-order chi connectivity index (χ0) is 20.2. The third kappa shape index (κ3) is 5.27. The van der Waals surface area contributed by atoms with Crippen molar-refractivity contribution >= 4 is 11.6 Å². The maximum absolute atomic E-state index is 12.3. The van der Waals surface area contributed by atoms with Crippen LogP contribution < -0.4 is 10.3 Å². The van der Waals surface area contributed by atoms with Gasteiger partial charge in [0.05, 0.1) is 24.9 Å². The number of hydrogen-bond donors (Lipinski definition) is 3. The second-order valence-electron chi connectivity index (χ2n) is 6.88. The maximum atomic E-state index is 12.3. The lowest BCUT2D eigenvalue weighted by molar-refractivity contribution is -0.351. The first kappa shape index (κ1) is 21.3. The monoisotopic (exact) mass is 398 g/mol. The van der Waals surface area contributed by atoms with Gasteiger partial charge >= 0.3 is 5.97 Å². The van der Waals surface area contributed by atoms with Gasteiger partial charge in [0, 0.05) is 5.56 Å². The van der Waals surface area contributed by atoms with Crippen LogP contribution in [0.3, 0.4) is 0 Å². The standard InChI is InChI=1S/C18H23ClN2O6/c1-17(2,3)21-16(23)15(19)14(10-20-21)26-11-12-4-6-13(7-5-12)18(24,25)27-9-8-22/h4-7,10,22,24-25H,8-9,11H2,1-3H3. The fourth-order valence-electron chi connectivity index (χ4n) is 2.25. The average molecular weight is 399 g/mol. The summed E-state index contributed by atoms with van der Waals surface area (Å²) in [5.74, 6) is -2.33. The van der Waals surface area contributed by atoms with Crippen LogP contribution in [0.1, 0.15) is 31.9 Å². The fraction of sp³-hybridized carbons (Fsp3) is 0.444. The normalized spacial score (nSPS) is 12.3. The second kappa shape index (κ2) is 8.37. The summed E-state index contributed by atoms with van der Waals surface area (Å²) in [5.41, 5.74) is -0.141. The average Bonchev–Trinajstić information content (AvgIpc) is 2.60.